The molecule has 6 heteroatoms. The number of hydrogen-bond donors (Lipinski definition) is 2. The van der Waals surface area contributed by atoms with Crippen molar-refractivity contribution in [1.82, 2.24) is 0 Å². The summed E-state index contributed by atoms with van der Waals surface area (Å²) in [5, 5.41) is 30.2. The molecule has 0 bridgehead atoms. The predicted molar refractivity (Wildman–Crippen MR) is 70.1 cm³/mol. The predicted octanol–water partition coefficient (Wildman–Crippen LogP) is 2.19. The summed E-state index contributed by atoms with van der Waals surface area (Å²) in [6, 6.07) is 4.02. The summed E-state index contributed by atoms with van der Waals surface area (Å²) in [7, 11) is 0. The zero-order chi connectivity index (χ0) is 14.6. The van der Waals surface area contributed by atoms with Crippen molar-refractivity contribution < 1.29 is 19.9 Å². The van der Waals surface area contributed by atoms with Gasteiger partial charge in [-0.1, -0.05) is 6.92 Å². The van der Waals surface area contributed by atoms with E-state index < -0.39 is 16.6 Å². The minimum Gasteiger partial charge on any atom is -0.490 e. The van der Waals surface area contributed by atoms with Crippen LogP contribution in [0.25, 0.3) is 0 Å². The zero-order valence-corrected chi connectivity index (χ0v) is 11.3. The molecule has 0 aliphatic rings. The second-order valence-electron chi connectivity index (χ2n) is 4.79. The Morgan fingerprint density at radius 1 is 1.53 bits per heavy atom. The highest BCUT2D eigenvalue weighted by molar-refractivity contribution is 5.44. The van der Waals surface area contributed by atoms with Gasteiger partial charge in [0.2, 0.25) is 0 Å². The molecule has 0 spiro atoms. The van der Waals surface area contributed by atoms with E-state index in [0.717, 1.165) is 0 Å². The Balaban J connectivity index is 2.97. The molecule has 0 saturated carbocycles. The quantitative estimate of drug-likeness (QED) is 0.610. The van der Waals surface area contributed by atoms with Gasteiger partial charge < -0.3 is 14.9 Å². The lowest BCUT2D eigenvalue weighted by atomic mass is 10.1. The number of nitrogens with zero attached hydrogens (tertiary/aromatic N) is 1. The van der Waals surface area contributed by atoms with E-state index in [9.17, 15) is 20.3 Å². The molecule has 106 valence electrons. The number of benzene rings is 1. The summed E-state index contributed by atoms with van der Waals surface area (Å²) in [5.41, 5.74) is -0.746. The highest BCUT2D eigenvalue weighted by atomic mass is 16.6. The second kappa shape index (κ2) is 5.99. The Bertz CT molecular complexity index is 456. The molecule has 6 nitrogen and oxygen atoms in total. The highest BCUT2D eigenvalue weighted by Gasteiger charge is 2.21. The van der Waals surface area contributed by atoms with Gasteiger partial charge in [-0.2, -0.15) is 0 Å². The fraction of sp³-hybridized carbons (Fsp3) is 0.538. The Labute approximate surface area is 111 Å². The zero-order valence-electron chi connectivity index (χ0n) is 11.3. The Morgan fingerprint density at radius 3 is 2.63 bits per heavy atom. The van der Waals surface area contributed by atoms with Gasteiger partial charge in [0, 0.05) is 17.7 Å². The number of nitro groups is 1. The molecule has 0 radical (unpaired) electrons. The minimum atomic E-state index is -0.974. The van der Waals surface area contributed by atoms with Crippen LogP contribution in [0.3, 0.4) is 0 Å². The van der Waals surface area contributed by atoms with Crippen molar-refractivity contribution >= 4 is 5.69 Å². The van der Waals surface area contributed by atoms with Crippen molar-refractivity contribution in [2.45, 2.75) is 38.9 Å². The molecule has 1 aromatic rings. The lowest BCUT2D eigenvalue weighted by Crippen LogP contribution is -2.31. The molecule has 1 aromatic carbocycles. The summed E-state index contributed by atoms with van der Waals surface area (Å²) >= 11 is 0. The highest BCUT2D eigenvalue weighted by Crippen LogP contribution is 2.30. The molecular formula is C13H19NO5. The molecule has 2 N–H and O–H groups in total. The third-order valence-electron chi connectivity index (χ3n) is 2.95. The van der Waals surface area contributed by atoms with Crippen LogP contribution in [0.5, 0.6) is 5.75 Å². The first kappa shape index (κ1) is 15.4. The summed E-state index contributed by atoms with van der Waals surface area (Å²) in [6.07, 6.45) is -0.370. The minimum absolute atomic E-state index is 0.0566. The molecule has 0 aromatic heterocycles. The van der Waals surface area contributed by atoms with Crippen molar-refractivity contribution in [3.05, 3.63) is 33.9 Å². The Hall–Kier alpha value is -1.66. The summed E-state index contributed by atoms with van der Waals surface area (Å²) in [4.78, 5) is 10.2. The van der Waals surface area contributed by atoms with E-state index in [4.69, 9.17) is 4.74 Å². The summed E-state index contributed by atoms with van der Waals surface area (Å²) < 4.78 is 5.46. The summed E-state index contributed by atoms with van der Waals surface area (Å²) in [6.45, 7) is 5.03. The van der Waals surface area contributed by atoms with Crippen LogP contribution in [-0.2, 0) is 0 Å². The van der Waals surface area contributed by atoms with Crippen LogP contribution < -0.4 is 4.74 Å². The van der Waals surface area contributed by atoms with E-state index in [1.54, 1.807) is 6.92 Å². The van der Waals surface area contributed by atoms with Gasteiger partial charge >= 0.3 is 0 Å². The average molecular weight is 269 g/mol. The van der Waals surface area contributed by atoms with E-state index in [2.05, 4.69) is 0 Å². The van der Waals surface area contributed by atoms with Crippen LogP contribution in [0, 0.1) is 10.1 Å². The van der Waals surface area contributed by atoms with Gasteiger partial charge in [-0.15, -0.1) is 0 Å². The van der Waals surface area contributed by atoms with E-state index in [0.29, 0.717) is 17.7 Å². The van der Waals surface area contributed by atoms with Gasteiger partial charge in [0.1, 0.15) is 12.4 Å². The maximum absolute atomic E-state index is 10.7. The third-order valence-corrected chi connectivity index (χ3v) is 2.95. The van der Waals surface area contributed by atoms with Gasteiger partial charge in [0.15, 0.2) is 0 Å². The molecule has 0 saturated heterocycles. The lowest BCUT2D eigenvalue weighted by Gasteiger charge is -2.22. The molecule has 2 atom stereocenters. The first-order valence-corrected chi connectivity index (χ1v) is 6.08. The molecule has 0 fully saturated rings. The van der Waals surface area contributed by atoms with Crippen LogP contribution in [-0.4, -0.2) is 27.3 Å². The Kier molecular flexibility index (Phi) is 4.85. The van der Waals surface area contributed by atoms with Crippen molar-refractivity contribution in [2.24, 2.45) is 0 Å². The van der Waals surface area contributed by atoms with Crippen LogP contribution in [0.2, 0.25) is 0 Å². The number of rotatable bonds is 6. The van der Waals surface area contributed by atoms with Gasteiger partial charge in [-0.25, -0.2) is 0 Å². The van der Waals surface area contributed by atoms with Crippen LogP contribution in [0.1, 0.15) is 38.9 Å². The van der Waals surface area contributed by atoms with Crippen molar-refractivity contribution in [3.8, 4) is 5.75 Å². The number of aliphatic hydroxyl groups excluding tert-OH is 1. The molecule has 0 aliphatic carbocycles. The normalized spacial score (nSPS) is 15.6. The smallest absolute Gasteiger partial charge is 0.270 e. The third kappa shape index (κ3) is 4.18. The summed E-state index contributed by atoms with van der Waals surface area (Å²) in [5.74, 6) is 0.342. The molecule has 0 aliphatic heterocycles. The monoisotopic (exact) mass is 269 g/mol. The maximum Gasteiger partial charge on any atom is 0.270 e. The molecule has 0 heterocycles. The van der Waals surface area contributed by atoms with Gasteiger partial charge in [-0.3, -0.25) is 10.1 Å². The van der Waals surface area contributed by atoms with Gasteiger partial charge in [0.05, 0.1) is 16.6 Å². The molecule has 1 unspecified atom stereocenters. The fourth-order valence-electron chi connectivity index (χ4n) is 1.44. The fourth-order valence-corrected chi connectivity index (χ4v) is 1.44. The van der Waals surface area contributed by atoms with Crippen molar-refractivity contribution in [1.29, 1.82) is 0 Å². The van der Waals surface area contributed by atoms with Crippen molar-refractivity contribution in [2.75, 3.05) is 6.61 Å². The molecule has 0 amide bonds. The molecular weight excluding hydrogens is 250 g/mol. The lowest BCUT2D eigenvalue weighted by molar-refractivity contribution is -0.385. The first-order chi connectivity index (χ1) is 8.76. The average Bonchev–Trinajstić information content (AvgIpc) is 2.36. The molecule has 19 heavy (non-hydrogen) atoms. The van der Waals surface area contributed by atoms with E-state index in [-0.39, 0.29) is 12.3 Å². The SMILES string of the molecule is CCC(C)(O)COc1ccc([N+](=O)[O-])cc1[C@@H](C)O. The van der Waals surface area contributed by atoms with E-state index >= 15 is 0 Å². The molecule has 1 rings (SSSR count). The standard InChI is InChI=1S/C13H19NO5/c1-4-13(3,16)8-19-12-6-5-10(14(17)18)7-11(12)9(2)15/h5-7,9,15-16H,4,8H2,1-3H3/t9-,13?/m1/s1. The van der Waals surface area contributed by atoms with Gasteiger partial charge in [-0.05, 0) is 26.3 Å². The largest absolute Gasteiger partial charge is 0.490 e. The number of nitro benzene ring substituents is 1. The van der Waals surface area contributed by atoms with Crippen LogP contribution in [0.4, 0.5) is 5.69 Å². The van der Waals surface area contributed by atoms with Crippen molar-refractivity contribution in [3.63, 3.8) is 0 Å². The van der Waals surface area contributed by atoms with E-state index in [1.165, 1.54) is 25.1 Å². The second-order valence-corrected chi connectivity index (χ2v) is 4.79. The van der Waals surface area contributed by atoms with Crippen LogP contribution in [0.15, 0.2) is 18.2 Å². The van der Waals surface area contributed by atoms with Crippen LogP contribution >= 0.6 is 0 Å². The maximum atomic E-state index is 10.7. The number of aliphatic hydroxyl groups is 2. The Morgan fingerprint density at radius 2 is 2.16 bits per heavy atom. The van der Waals surface area contributed by atoms with E-state index in [1.807, 2.05) is 6.92 Å². The topological polar surface area (TPSA) is 92.8 Å². The first-order valence-electron chi connectivity index (χ1n) is 6.08. The number of hydrogen-bond acceptors (Lipinski definition) is 5. The number of non-ortho nitro benzene ring substituents is 1. The van der Waals surface area contributed by atoms with Gasteiger partial charge in [0.25, 0.3) is 5.69 Å². The number of ether oxygens (including phenoxy) is 1.